The molecule has 7 aromatic rings. The Kier molecular flexibility index (Phi) is 8.22. The monoisotopic (exact) mass is 674 g/mol. The summed E-state index contributed by atoms with van der Waals surface area (Å²) in [7, 11) is 0. The summed E-state index contributed by atoms with van der Waals surface area (Å²) < 4.78 is 5.80. The molecule has 12 nitrogen and oxygen atoms in total. The van der Waals surface area contributed by atoms with Gasteiger partial charge in [0.2, 0.25) is 0 Å². The zero-order valence-corrected chi connectivity index (χ0v) is 27.5. The molecule has 0 fully saturated rings. The third-order valence-electron chi connectivity index (χ3n) is 8.61. The van der Waals surface area contributed by atoms with Crippen LogP contribution in [-0.2, 0) is 5.54 Å². The number of aryl methyl sites for hydroxylation is 1. The van der Waals surface area contributed by atoms with Gasteiger partial charge >= 0.3 is 22.8 Å². The molecule has 0 unspecified atom stereocenters. The first-order valence-electron chi connectivity index (χ1n) is 16.0. The van der Waals surface area contributed by atoms with Crippen LogP contribution >= 0.6 is 0 Å². The maximum Gasteiger partial charge on any atom is 0.358 e. The highest BCUT2D eigenvalue weighted by Crippen LogP contribution is 2.41. The molecule has 0 saturated carbocycles. The van der Waals surface area contributed by atoms with Crippen molar-refractivity contribution in [2.24, 2.45) is 4.99 Å². The minimum atomic E-state index is -1.75. The predicted octanol–water partition coefficient (Wildman–Crippen LogP) is 4.65. The van der Waals surface area contributed by atoms with Crippen molar-refractivity contribution in [3.05, 3.63) is 198 Å². The minimum Gasteiger partial charge on any atom is -0.246 e. The number of aliphatic imine (C=N–C) groups is 1. The molecule has 1 aliphatic rings. The molecule has 0 bridgehead atoms. The number of nitriles is 1. The summed E-state index contributed by atoms with van der Waals surface area (Å²) in [5.41, 5.74) is -1.000. The lowest BCUT2D eigenvalue weighted by Crippen LogP contribution is -2.58. The van der Waals surface area contributed by atoms with E-state index in [-0.39, 0.29) is 5.84 Å². The summed E-state index contributed by atoms with van der Waals surface area (Å²) in [6, 6.07) is 42.4. The van der Waals surface area contributed by atoms with Gasteiger partial charge in [-0.15, -0.1) is 0 Å². The Morgan fingerprint density at radius 2 is 1.14 bits per heavy atom. The molecular formula is C39H30N8O4. The number of aromatic amines is 1. The van der Waals surface area contributed by atoms with Crippen LogP contribution in [0.25, 0.3) is 17.1 Å². The second kappa shape index (κ2) is 13.0. The fourth-order valence-corrected chi connectivity index (χ4v) is 6.47. The van der Waals surface area contributed by atoms with Gasteiger partial charge in [-0.05, 0) is 55.0 Å². The molecule has 1 aliphatic heterocycles. The summed E-state index contributed by atoms with van der Waals surface area (Å²) in [5, 5.41) is 10.1. The molecule has 51 heavy (non-hydrogen) atoms. The molecule has 0 radical (unpaired) electrons. The van der Waals surface area contributed by atoms with Gasteiger partial charge in [0, 0.05) is 12.5 Å². The molecule has 250 valence electrons. The first-order chi connectivity index (χ1) is 24.8. The molecule has 1 N–H and O–H groups in total. The Balaban J connectivity index is 0.00000131. The zero-order chi connectivity index (χ0) is 35.7. The average molecular weight is 675 g/mol. The van der Waals surface area contributed by atoms with E-state index in [4.69, 9.17) is 10.3 Å². The van der Waals surface area contributed by atoms with Gasteiger partial charge in [0.05, 0.1) is 28.8 Å². The number of hydrogen-bond donors (Lipinski definition) is 1. The number of aromatic nitrogens is 6. The highest BCUT2D eigenvalue weighted by atomic mass is 16.2. The van der Waals surface area contributed by atoms with Gasteiger partial charge in [0.15, 0.2) is 11.4 Å². The van der Waals surface area contributed by atoms with Crippen molar-refractivity contribution in [2.45, 2.75) is 19.4 Å². The molecule has 0 amide bonds. The molecule has 12 heteroatoms. The summed E-state index contributed by atoms with van der Waals surface area (Å²) in [6.07, 6.45) is 0. The number of benzene rings is 5. The van der Waals surface area contributed by atoms with Crippen LogP contribution < -0.4 is 22.8 Å². The maximum absolute atomic E-state index is 14.7. The Labute approximate surface area is 290 Å². The van der Waals surface area contributed by atoms with E-state index in [1.54, 1.807) is 127 Å². The number of hydrogen-bond acceptors (Lipinski definition) is 6. The SMILES string of the molecule is CC#N.Cc1ccc(N=C2n3c(=O)n(-c4ccccc4)c(=O)n3-c3ccccc3[C@]2(c2ccccc2)n2[nH]c(=O)n(-c3ccccc3)c2=O)cc1. The number of H-pyrrole nitrogens is 1. The summed E-state index contributed by atoms with van der Waals surface area (Å²) >= 11 is 0. The summed E-state index contributed by atoms with van der Waals surface area (Å²) in [4.78, 5) is 62.6. The van der Waals surface area contributed by atoms with Gasteiger partial charge < -0.3 is 0 Å². The molecule has 0 saturated heterocycles. The number of rotatable bonds is 5. The number of para-hydroxylation sites is 3. The lowest BCUT2D eigenvalue weighted by atomic mass is 9.79. The highest BCUT2D eigenvalue weighted by Gasteiger charge is 2.52. The minimum absolute atomic E-state index is 0.0107. The van der Waals surface area contributed by atoms with Crippen LogP contribution in [0.5, 0.6) is 0 Å². The fraction of sp³-hybridized carbons (Fsp3) is 0.0769. The van der Waals surface area contributed by atoms with E-state index in [9.17, 15) is 19.2 Å². The van der Waals surface area contributed by atoms with Crippen molar-refractivity contribution in [3.63, 3.8) is 0 Å². The topological polar surface area (TPSA) is 145 Å². The van der Waals surface area contributed by atoms with Crippen LogP contribution in [0.4, 0.5) is 5.69 Å². The average Bonchev–Trinajstić information content (AvgIpc) is 3.61. The van der Waals surface area contributed by atoms with E-state index in [1.165, 1.54) is 21.0 Å². The third-order valence-corrected chi connectivity index (χ3v) is 8.61. The summed E-state index contributed by atoms with van der Waals surface area (Å²) in [6.45, 7) is 3.38. The van der Waals surface area contributed by atoms with Crippen molar-refractivity contribution < 1.29 is 0 Å². The van der Waals surface area contributed by atoms with E-state index in [1.807, 2.05) is 25.1 Å². The second-order valence-electron chi connectivity index (χ2n) is 11.7. The maximum atomic E-state index is 14.7. The van der Waals surface area contributed by atoms with Crippen LogP contribution in [-0.4, -0.2) is 34.1 Å². The molecule has 1 atom stereocenters. The Morgan fingerprint density at radius 1 is 0.627 bits per heavy atom. The van der Waals surface area contributed by atoms with Gasteiger partial charge in [-0.3, -0.25) is 0 Å². The standard InChI is InChI=1S/C37H27N7O4.C2H3N/c1-25-21-23-27(24-22-25)38-32-37(26-13-5-2-6-14-26,44-36(48)40(33(45)39-44)28-15-7-3-8-16-28)30-19-11-12-20-31(30)42-34(46)41(35(47)43(32)42)29-17-9-4-10-18-29;1-2-3/h2-24H,1H3,(H,39,45);1H3/t37-;/m0./s1. The molecule has 5 aromatic carbocycles. The molecule has 8 rings (SSSR count). The fourth-order valence-electron chi connectivity index (χ4n) is 6.47. The van der Waals surface area contributed by atoms with Crippen LogP contribution in [0.15, 0.2) is 164 Å². The quantitative estimate of drug-likeness (QED) is 0.283. The Bertz CT molecular complexity index is 2690. The first-order valence-corrected chi connectivity index (χ1v) is 16.0. The van der Waals surface area contributed by atoms with Crippen LogP contribution in [0.3, 0.4) is 0 Å². The van der Waals surface area contributed by atoms with Crippen LogP contribution in [0.1, 0.15) is 23.6 Å². The predicted molar refractivity (Wildman–Crippen MR) is 194 cm³/mol. The lowest BCUT2D eigenvalue weighted by Gasteiger charge is -2.40. The van der Waals surface area contributed by atoms with Gasteiger partial charge in [-0.25, -0.2) is 43.1 Å². The van der Waals surface area contributed by atoms with Crippen molar-refractivity contribution in [3.8, 4) is 23.1 Å². The molecule has 2 aromatic heterocycles. The van der Waals surface area contributed by atoms with E-state index < -0.39 is 28.3 Å². The van der Waals surface area contributed by atoms with Gasteiger partial charge in [-0.1, -0.05) is 103 Å². The molecular weight excluding hydrogens is 644 g/mol. The van der Waals surface area contributed by atoms with Crippen molar-refractivity contribution in [1.82, 2.24) is 28.3 Å². The van der Waals surface area contributed by atoms with Crippen molar-refractivity contribution >= 4 is 11.5 Å². The first kappa shape index (κ1) is 32.3. The van der Waals surface area contributed by atoms with Gasteiger partial charge in [0.25, 0.3) is 0 Å². The van der Waals surface area contributed by atoms with E-state index >= 15 is 0 Å². The number of nitrogens with zero attached hydrogens (tertiary/aromatic N) is 7. The lowest BCUT2D eigenvalue weighted by molar-refractivity contribution is 0.447. The van der Waals surface area contributed by atoms with E-state index in [2.05, 4.69) is 5.10 Å². The van der Waals surface area contributed by atoms with Gasteiger partial charge in [-0.2, -0.15) is 14.6 Å². The largest absolute Gasteiger partial charge is 0.358 e. The molecule has 3 heterocycles. The smallest absolute Gasteiger partial charge is 0.246 e. The normalized spacial score (nSPS) is 15.3. The summed E-state index contributed by atoms with van der Waals surface area (Å²) in [5.74, 6) is 0.0107. The van der Waals surface area contributed by atoms with Gasteiger partial charge in [0.1, 0.15) is 0 Å². The molecule has 0 aliphatic carbocycles. The highest BCUT2D eigenvalue weighted by molar-refractivity contribution is 6.01. The van der Waals surface area contributed by atoms with Crippen molar-refractivity contribution in [1.29, 1.82) is 5.26 Å². The number of nitrogens with one attached hydrogen (secondary N) is 1. The zero-order valence-electron chi connectivity index (χ0n) is 27.5. The van der Waals surface area contributed by atoms with Crippen LogP contribution in [0.2, 0.25) is 0 Å². The number of fused-ring (bicyclic) bond motifs is 3. The van der Waals surface area contributed by atoms with Crippen molar-refractivity contribution in [2.75, 3.05) is 0 Å². The Morgan fingerprint density at radius 3 is 1.75 bits per heavy atom. The van der Waals surface area contributed by atoms with E-state index in [0.717, 1.165) is 14.7 Å². The van der Waals surface area contributed by atoms with E-state index in [0.29, 0.717) is 33.9 Å². The Hall–Kier alpha value is -7.26. The van der Waals surface area contributed by atoms with Crippen LogP contribution in [0, 0.1) is 18.3 Å². The third kappa shape index (κ3) is 5.12. The second-order valence-corrected chi connectivity index (χ2v) is 11.7. The molecule has 0 spiro atoms.